The van der Waals surface area contributed by atoms with Gasteiger partial charge in [-0.15, -0.1) is 0 Å². The van der Waals surface area contributed by atoms with Gasteiger partial charge < -0.3 is 9.47 Å². The van der Waals surface area contributed by atoms with Crippen LogP contribution in [0.4, 0.5) is 0 Å². The van der Waals surface area contributed by atoms with Crippen LogP contribution in [0.25, 0.3) is 0 Å². The van der Waals surface area contributed by atoms with Crippen LogP contribution < -0.4 is 0 Å². The zero-order chi connectivity index (χ0) is 13.3. The zero-order valence-electron chi connectivity index (χ0n) is 9.80. The monoisotopic (exact) mass is 238 g/mol. The number of esters is 2. The Bertz CT molecular complexity index is 335. The highest BCUT2D eigenvalue weighted by Crippen LogP contribution is 2.18. The van der Waals surface area contributed by atoms with Gasteiger partial charge in [0.25, 0.3) is 0 Å². The standard InChI is InChI=1S/C11H14N2O4/c1-3-16-10(14)9(11(15)17-4-2)8(7-13)5-6-12/h8-9H,3-5H2,1-2H3. The Hall–Kier alpha value is -2.08. The largest absolute Gasteiger partial charge is 0.465 e. The Labute approximate surface area is 99.7 Å². The quantitative estimate of drug-likeness (QED) is 0.500. The van der Waals surface area contributed by atoms with Gasteiger partial charge in [0.05, 0.1) is 37.7 Å². The molecule has 1 unspecified atom stereocenters. The third-order valence-corrected chi connectivity index (χ3v) is 1.96. The van der Waals surface area contributed by atoms with E-state index in [0.29, 0.717) is 0 Å². The molecular formula is C11H14N2O4. The third-order valence-electron chi connectivity index (χ3n) is 1.96. The number of carbonyl (C=O) groups excluding carboxylic acids is 2. The fourth-order valence-electron chi connectivity index (χ4n) is 1.23. The predicted octanol–water partition coefficient (Wildman–Crippen LogP) is 0.782. The van der Waals surface area contributed by atoms with Gasteiger partial charge in [-0.1, -0.05) is 0 Å². The second-order valence-electron chi connectivity index (χ2n) is 3.08. The van der Waals surface area contributed by atoms with E-state index in [1.807, 2.05) is 0 Å². The number of nitrogens with zero attached hydrogens (tertiary/aromatic N) is 2. The van der Waals surface area contributed by atoms with Crippen molar-refractivity contribution < 1.29 is 19.1 Å². The second-order valence-corrected chi connectivity index (χ2v) is 3.08. The average molecular weight is 238 g/mol. The van der Waals surface area contributed by atoms with Crippen LogP contribution in [0.1, 0.15) is 20.3 Å². The van der Waals surface area contributed by atoms with Crippen molar-refractivity contribution in [2.75, 3.05) is 13.2 Å². The average Bonchev–Trinajstić information content (AvgIpc) is 2.29. The van der Waals surface area contributed by atoms with Crippen molar-refractivity contribution in [3.63, 3.8) is 0 Å². The van der Waals surface area contributed by atoms with Gasteiger partial charge in [-0.3, -0.25) is 9.59 Å². The maximum atomic E-state index is 11.6. The molecule has 0 aromatic carbocycles. The van der Waals surface area contributed by atoms with Crippen LogP contribution in [-0.4, -0.2) is 25.2 Å². The number of rotatable bonds is 6. The van der Waals surface area contributed by atoms with E-state index in [1.54, 1.807) is 26.0 Å². The Morgan fingerprint density at radius 1 is 1.12 bits per heavy atom. The Balaban J connectivity index is 4.96. The molecule has 0 aliphatic carbocycles. The number of hydrogen-bond donors (Lipinski definition) is 0. The SMILES string of the molecule is CCOC(=O)C(C(=O)OCC)C(C#N)CC#N. The third kappa shape index (κ3) is 4.52. The molecule has 0 heterocycles. The van der Waals surface area contributed by atoms with Gasteiger partial charge in [-0.2, -0.15) is 10.5 Å². The normalized spacial score (nSPS) is 11.1. The summed E-state index contributed by atoms with van der Waals surface area (Å²) < 4.78 is 9.40. The molecule has 0 saturated carbocycles. The molecule has 17 heavy (non-hydrogen) atoms. The van der Waals surface area contributed by atoms with Gasteiger partial charge in [-0.25, -0.2) is 0 Å². The second kappa shape index (κ2) is 8.12. The molecule has 0 bridgehead atoms. The van der Waals surface area contributed by atoms with Gasteiger partial charge in [0, 0.05) is 0 Å². The van der Waals surface area contributed by atoms with E-state index in [0.717, 1.165) is 0 Å². The fraction of sp³-hybridized carbons (Fsp3) is 0.636. The van der Waals surface area contributed by atoms with E-state index >= 15 is 0 Å². The Kier molecular flexibility index (Phi) is 7.12. The van der Waals surface area contributed by atoms with Gasteiger partial charge in [0.2, 0.25) is 0 Å². The van der Waals surface area contributed by atoms with Gasteiger partial charge in [0.1, 0.15) is 0 Å². The summed E-state index contributed by atoms with van der Waals surface area (Å²) in [4.78, 5) is 23.1. The number of carbonyl (C=O) groups is 2. The topological polar surface area (TPSA) is 100 Å². The molecule has 0 fully saturated rings. The molecule has 0 aliphatic rings. The highest BCUT2D eigenvalue weighted by molar-refractivity contribution is 5.95. The summed E-state index contributed by atoms with van der Waals surface area (Å²) in [5.74, 6) is -4.04. The molecule has 0 spiro atoms. The Morgan fingerprint density at radius 3 is 1.88 bits per heavy atom. The first-order valence-corrected chi connectivity index (χ1v) is 5.22. The number of ether oxygens (including phenoxy) is 2. The van der Waals surface area contributed by atoms with Gasteiger partial charge in [-0.05, 0) is 13.8 Å². The molecule has 1 atom stereocenters. The minimum Gasteiger partial charge on any atom is -0.465 e. The van der Waals surface area contributed by atoms with Crippen LogP contribution in [0.5, 0.6) is 0 Å². The summed E-state index contributed by atoms with van der Waals surface area (Å²) in [5.41, 5.74) is 0. The highest BCUT2D eigenvalue weighted by Gasteiger charge is 2.37. The lowest BCUT2D eigenvalue weighted by Gasteiger charge is -2.16. The molecule has 6 heteroatoms. The first kappa shape index (κ1) is 14.9. The zero-order valence-corrected chi connectivity index (χ0v) is 9.80. The van der Waals surface area contributed by atoms with Crippen LogP contribution in [-0.2, 0) is 19.1 Å². The first-order valence-electron chi connectivity index (χ1n) is 5.22. The van der Waals surface area contributed by atoms with E-state index in [2.05, 4.69) is 0 Å². The molecule has 6 nitrogen and oxygen atoms in total. The van der Waals surface area contributed by atoms with Crippen molar-refractivity contribution in [1.29, 1.82) is 10.5 Å². The van der Waals surface area contributed by atoms with E-state index in [-0.39, 0.29) is 19.6 Å². The molecule has 0 aromatic rings. The fourth-order valence-corrected chi connectivity index (χ4v) is 1.23. The van der Waals surface area contributed by atoms with Crippen LogP contribution in [0.15, 0.2) is 0 Å². The van der Waals surface area contributed by atoms with E-state index < -0.39 is 23.8 Å². The number of nitriles is 2. The summed E-state index contributed by atoms with van der Waals surface area (Å²) in [6.07, 6.45) is -0.223. The molecule has 0 aromatic heterocycles. The molecule has 0 aliphatic heterocycles. The Morgan fingerprint density at radius 2 is 1.59 bits per heavy atom. The lowest BCUT2D eigenvalue weighted by Crippen LogP contribution is -2.34. The van der Waals surface area contributed by atoms with Gasteiger partial charge in [0.15, 0.2) is 5.92 Å². The number of hydrogen-bond acceptors (Lipinski definition) is 6. The van der Waals surface area contributed by atoms with Crippen LogP contribution in [0.2, 0.25) is 0 Å². The molecule has 92 valence electrons. The molecule has 0 saturated heterocycles. The molecule has 0 N–H and O–H groups in total. The van der Waals surface area contributed by atoms with E-state index in [9.17, 15) is 9.59 Å². The minimum atomic E-state index is -1.35. The van der Waals surface area contributed by atoms with Crippen molar-refractivity contribution in [2.24, 2.45) is 11.8 Å². The van der Waals surface area contributed by atoms with Crippen LogP contribution in [0, 0.1) is 34.5 Å². The molecule has 0 amide bonds. The molecule has 0 radical (unpaired) electrons. The summed E-state index contributed by atoms with van der Waals surface area (Å²) in [6, 6.07) is 3.51. The van der Waals surface area contributed by atoms with Crippen molar-refractivity contribution in [3.8, 4) is 12.1 Å². The van der Waals surface area contributed by atoms with Gasteiger partial charge >= 0.3 is 11.9 Å². The first-order chi connectivity index (χ1) is 8.12. The maximum Gasteiger partial charge on any atom is 0.321 e. The van der Waals surface area contributed by atoms with Crippen molar-refractivity contribution >= 4 is 11.9 Å². The minimum absolute atomic E-state index is 0.0967. The van der Waals surface area contributed by atoms with Crippen molar-refractivity contribution in [2.45, 2.75) is 20.3 Å². The van der Waals surface area contributed by atoms with Crippen LogP contribution in [0.3, 0.4) is 0 Å². The summed E-state index contributed by atoms with van der Waals surface area (Å²) >= 11 is 0. The van der Waals surface area contributed by atoms with Crippen molar-refractivity contribution in [1.82, 2.24) is 0 Å². The summed E-state index contributed by atoms with van der Waals surface area (Å²) in [6.45, 7) is 3.37. The predicted molar refractivity (Wildman–Crippen MR) is 56.1 cm³/mol. The van der Waals surface area contributed by atoms with Crippen LogP contribution >= 0.6 is 0 Å². The highest BCUT2D eigenvalue weighted by atomic mass is 16.6. The molecular weight excluding hydrogens is 224 g/mol. The maximum absolute atomic E-state index is 11.6. The van der Waals surface area contributed by atoms with Crippen molar-refractivity contribution in [3.05, 3.63) is 0 Å². The lowest BCUT2D eigenvalue weighted by molar-refractivity contribution is -0.163. The summed E-state index contributed by atoms with van der Waals surface area (Å²) in [7, 11) is 0. The van der Waals surface area contributed by atoms with E-state index in [4.69, 9.17) is 20.0 Å². The summed E-state index contributed by atoms with van der Waals surface area (Å²) in [5, 5.41) is 17.4. The smallest absolute Gasteiger partial charge is 0.321 e. The molecule has 0 rings (SSSR count). The van der Waals surface area contributed by atoms with E-state index in [1.165, 1.54) is 0 Å². The lowest BCUT2D eigenvalue weighted by atomic mass is 9.91.